The summed E-state index contributed by atoms with van der Waals surface area (Å²) >= 11 is 0. The molecule has 3 aromatic rings. The summed E-state index contributed by atoms with van der Waals surface area (Å²) in [5.41, 5.74) is 3.06. The molecule has 0 radical (unpaired) electrons. The Morgan fingerprint density at radius 2 is 1.61 bits per heavy atom. The Labute approximate surface area is 209 Å². The van der Waals surface area contributed by atoms with E-state index in [0.717, 1.165) is 17.0 Å². The lowest BCUT2D eigenvalue weighted by Gasteiger charge is -2.15. The summed E-state index contributed by atoms with van der Waals surface area (Å²) in [6.07, 6.45) is 0. The summed E-state index contributed by atoms with van der Waals surface area (Å²) in [4.78, 5) is 39.6. The van der Waals surface area contributed by atoms with Crippen LogP contribution in [0.5, 0.6) is 17.2 Å². The van der Waals surface area contributed by atoms with Gasteiger partial charge in [-0.05, 0) is 59.7 Å². The van der Waals surface area contributed by atoms with E-state index in [0.29, 0.717) is 29.2 Å². The second kappa shape index (κ2) is 10.8. The third-order valence-corrected chi connectivity index (χ3v) is 5.72. The zero-order valence-electron chi connectivity index (χ0n) is 20.4. The highest BCUT2D eigenvalue weighted by Gasteiger charge is 2.27. The number of urea groups is 1. The summed E-state index contributed by atoms with van der Waals surface area (Å²) in [6.45, 7) is 0.516. The lowest BCUT2D eigenvalue weighted by molar-refractivity contribution is -0.118. The molecule has 36 heavy (non-hydrogen) atoms. The van der Waals surface area contributed by atoms with E-state index < -0.39 is 6.03 Å². The average Bonchev–Trinajstić information content (AvgIpc) is 3.19. The Balaban J connectivity index is 1.36. The fraction of sp³-hybridized carbons (Fsp3) is 0.222. The van der Waals surface area contributed by atoms with E-state index in [1.807, 2.05) is 67.5 Å². The molecule has 0 bridgehead atoms. The first-order valence-corrected chi connectivity index (χ1v) is 11.4. The van der Waals surface area contributed by atoms with Gasteiger partial charge in [-0.25, -0.2) is 4.79 Å². The van der Waals surface area contributed by atoms with E-state index in [4.69, 9.17) is 9.47 Å². The molecule has 186 valence electrons. The molecule has 1 fully saturated rings. The number of nitrogens with one attached hydrogen (secondary N) is 2. The molecule has 2 N–H and O–H groups in total. The van der Waals surface area contributed by atoms with Crippen LogP contribution >= 0.6 is 0 Å². The number of nitrogens with zero attached hydrogens (tertiary/aromatic N) is 2. The Morgan fingerprint density at radius 3 is 2.19 bits per heavy atom. The molecule has 9 nitrogen and oxygen atoms in total. The molecule has 4 rings (SSSR count). The van der Waals surface area contributed by atoms with Crippen molar-refractivity contribution >= 4 is 23.5 Å². The highest BCUT2D eigenvalue weighted by Crippen LogP contribution is 2.25. The largest absolute Gasteiger partial charge is 0.496 e. The lowest BCUT2D eigenvalue weighted by Crippen LogP contribution is -2.28. The van der Waals surface area contributed by atoms with Crippen molar-refractivity contribution in [2.45, 2.75) is 13.1 Å². The minimum atomic E-state index is -0.445. The topological polar surface area (TPSA) is 100 Å². The summed E-state index contributed by atoms with van der Waals surface area (Å²) in [7, 11) is 5.46. The number of rotatable bonds is 9. The van der Waals surface area contributed by atoms with Crippen molar-refractivity contribution in [1.29, 1.82) is 0 Å². The van der Waals surface area contributed by atoms with Crippen LogP contribution in [-0.2, 0) is 17.9 Å². The number of carbonyl (C=O) groups is 3. The number of ether oxygens (including phenoxy) is 2. The van der Waals surface area contributed by atoms with Gasteiger partial charge < -0.3 is 24.6 Å². The van der Waals surface area contributed by atoms with Crippen LogP contribution in [0, 0.1) is 0 Å². The monoisotopic (exact) mass is 488 g/mol. The molecule has 1 aliphatic rings. The van der Waals surface area contributed by atoms with Gasteiger partial charge in [0.2, 0.25) is 5.91 Å². The SMILES string of the molecule is COc1ccc(CN2CC(=O)NC2=O)cc1C(=O)NCc1ccc(Oc2ccc(N(C)C)cc2)cc1. The maximum Gasteiger partial charge on any atom is 0.324 e. The van der Waals surface area contributed by atoms with Crippen LogP contribution in [0.3, 0.4) is 0 Å². The fourth-order valence-electron chi connectivity index (χ4n) is 3.76. The molecule has 4 amide bonds. The van der Waals surface area contributed by atoms with E-state index in [1.165, 1.54) is 12.0 Å². The second-order valence-corrected chi connectivity index (χ2v) is 8.56. The van der Waals surface area contributed by atoms with Gasteiger partial charge in [-0.2, -0.15) is 0 Å². The van der Waals surface area contributed by atoms with Crippen LogP contribution < -0.4 is 25.0 Å². The molecule has 1 heterocycles. The molecule has 1 saturated heterocycles. The number of hydrogen-bond acceptors (Lipinski definition) is 6. The normalized spacial score (nSPS) is 12.8. The maximum absolute atomic E-state index is 12.9. The number of benzene rings is 3. The van der Waals surface area contributed by atoms with Crippen molar-refractivity contribution in [2.75, 3.05) is 32.6 Å². The molecule has 0 spiro atoms. The minimum absolute atomic E-state index is 0.00645. The summed E-state index contributed by atoms with van der Waals surface area (Å²) < 4.78 is 11.2. The first kappa shape index (κ1) is 24.6. The number of amides is 4. The van der Waals surface area contributed by atoms with Crippen LogP contribution in [-0.4, -0.2) is 50.5 Å². The van der Waals surface area contributed by atoms with Crippen LogP contribution in [0.4, 0.5) is 10.5 Å². The molecule has 1 aliphatic heterocycles. The Kier molecular flexibility index (Phi) is 7.39. The quantitative estimate of drug-likeness (QED) is 0.447. The van der Waals surface area contributed by atoms with Crippen LogP contribution in [0.15, 0.2) is 66.7 Å². The summed E-state index contributed by atoms with van der Waals surface area (Å²) in [5.74, 6) is 1.20. The minimum Gasteiger partial charge on any atom is -0.496 e. The zero-order chi connectivity index (χ0) is 25.7. The molecule has 9 heteroatoms. The molecular weight excluding hydrogens is 460 g/mol. The van der Waals surface area contributed by atoms with Crippen LogP contribution in [0.25, 0.3) is 0 Å². The zero-order valence-corrected chi connectivity index (χ0v) is 20.4. The molecule has 3 aromatic carbocycles. The Hall–Kier alpha value is -4.53. The number of hydrogen-bond donors (Lipinski definition) is 2. The van der Waals surface area contributed by atoms with Gasteiger partial charge in [-0.3, -0.25) is 14.9 Å². The van der Waals surface area contributed by atoms with Gasteiger partial charge in [-0.15, -0.1) is 0 Å². The van der Waals surface area contributed by atoms with Crippen LogP contribution in [0.1, 0.15) is 21.5 Å². The van der Waals surface area contributed by atoms with Gasteiger partial charge >= 0.3 is 6.03 Å². The first-order valence-electron chi connectivity index (χ1n) is 11.4. The summed E-state index contributed by atoms with van der Waals surface area (Å²) in [5, 5.41) is 5.14. The van der Waals surface area contributed by atoms with Crippen molar-refractivity contribution in [3.63, 3.8) is 0 Å². The van der Waals surface area contributed by atoms with Crippen molar-refractivity contribution in [3.8, 4) is 17.2 Å². The van der Waals surface area contributed by atoms with Gasteiger partial charge in [0, 0.05) is 32.9 Å². The van der Waals surface area contributed by atoms with E-state index >= 15 is 0 Å². The van der Waals surface area contributed by atoms with Gasteiger partial charge in [0.05, 0.1) is 12.7 Å². The third kappa shape index (κ3) is 5.93. The Morgan fingerprint density at radius 1 is 0.972 bits per heavy atom. The predicted octanol–water partition coefficient (Wildman–Crippen LogP) is 3.54. The van der Waals surface area contributed by atoms with E-state index in [2.05, 4.69) is 10.6 Å². The lowest BCUT2D eigenvalue weighted by atomic mass is 10.1. The third-order valence-electron chi connectivity index (χ3n) is 5.72. The number of anilines is 1. The van der Waals surface area contributed by atoms with Gasteiger partial charge in [0.1, 0.15) is 23.8 Å². The van der Waals surface area contributed by atoms with E-state index in [9.17, 15) is 14.4 Å². The summed E-state index contributed by atoms with van der Waals surface area (Å²) in [6, 6.07) is 20.0. The van der Waals surface area contributed by atoms with Crippen molar-refractivity contribution in [3.05, 3.63) is 83.4 Å². The van der Waals surface area contributed by atoms with Gasteiger partial charge in [-0.1, -0.05) is 18.2 Å². The van der Waals surface area contributed by atoms with E-state index in [-0.39, 0.29) is 24.9 Å². The van der Waals surface area contributed by atoms with Crippen molar-refractivity contribution < 1.29 is 23.9 Å². The molecule has 0 atom stereocenters. The van der Waals surface area contributed by atoms with Crippen molar-refractivity contribution in [2.24, 2.45) is 0 Å². The van der Waals surface area contributed by atoms with Crippen LogP contribution in [0.2, 0.25) is 0 Å². The molecular formula is C27H28N4O5. The van der Waals surface area contributed by atoms with Gasteiger partial charge in [0.15, 0.2) is 0 Å². The van der Waals surface area contributed by atoms with E-state index in [1.54, 1.807) is 18.2 Å². The predicted molar refractivity (Wildman–Crippen MR) is 135 cm³/mol. The number of carbonyl (C=O) groups excluding carboxylic acids is 3. The van der Waals surface area contributed by atoms with Crippen molar-refractivity contribution in [1.82, 2.24) is 15.5 Å². The highest BCUT2D eigenvalue weighted by molar-refractivity contribution is 6.02. The number of imide groups is 1. The van der Waals surface area contributed by atoms with Gasteiger partial charge in [0.25, 0.3) is 5.91 Å². The number of methoxy groups -OCH3 is 1. The fourth-order valence-corrected chi connectivity index (χ4v) is 3.76. The molecule has 0 unspecified atom stereocenters. The second-order valence-electron chi connectivity index (χ2n) is 8.56. The average molecular weight is 489 g/mol. The molecule has 0 aromatic heterocycles. The molecule has 0 aliphatic carbocycles. The highest BCUT2D eigenvalue weighted by atomic mass is 16.5. The standard InChI is InChI=1S/C27H28N4O5/c1-30(2)20-7-11-22(12-8-20)36-21-9-4-18(5-10-21)15-28-26(33)23-14-19(6-13-24(23)35-3)16-31-17-25(32)29-27(31)34/h4-14H,15-17H2,1-3H3,(H,28,33)(H,29,32,34). The smallest absolute Gasteiger partial charge is 0.324 e. The first-order chi connectivity index (χ1) is 17.3. The molecule has 0 saturated carbocycles. The Bertz CT molecular complexity index is 1260. The maximum atomic E-state index is 12.9.